The molecule has 2 aromatic rings. The Bertz CT molecular complexity index is 576. The first-order valence-corrected chi connectivity index (χ1v) is 5.95. The Labute approximate surface area is 115 Å². The Morgan fingerprint density at radius 2 is 1.89 bits per heavy atom. The van der Waals surface area contributed by atoms with Crippen LogP contribution in [0.25, 0.3) is 0 Å². The molecule has 0 aromatic heterocycles. The van der Waals surface area contributed by atoms with Crippen molar-refractivity contribution in [3.05, 3.63) is 58.6 Å². The van der Waals surface area contributed by atoms with E-state index in [0.717, 1.165) is 5.56 Å². The number of carboxylic acid groups (broad SMARTS) is 1. The fourth-order valence-corrected chi connectivity index (χ4v) is 1.81. The average molecular weight is 278 g/mol. The predicted octanol–water partition coefficient (Wildman–Crippen LogP) is 3.20. The summed E-state index contributed by atoms with van der Waals surface area (Å²) in [5.74, 6) is -0.519. The van der Waals surface area contributed by atoms with Crippen LogP contribution in [0.2, 0.25) is 5.02 Å². The van der Waals surface area contributed by atoms with Gasteiger partial charge in [-0.15, -0.1) is 0 Å². The quantitative estimate of drug-likeness (QED) is 0.842. The van der Waals surface area contributed by atoms with Gasteiger partial charge in [-0.3, -0.25) is 0 Å². The Balaban J connectivity index is 2.08. The molecule has 0 aliphatic rings. The van der Waals surface area contributed by atoms with Gasteiger partial charge >= 0.3 is 5.97 Å². The lowest BCUT2D eigenvalue weighted by molar-refractivity contribution is 0.0697. The molecule has 19 heavy (non-hydrogen) atoms. The van der Waals surface area contributed by atoms with Gasteiger partial charge in [0.2, 0.25) is 0 Å². The summed E-state index contributed by atoms with van der Waals surface area (Å²) < 4.78 is 5.55. The number of para-hydroxylation sites is 1. The van der Waals surface area contributed by atoms with E-state index in [9.17, 15) is 4.79 Å². The summed E-state index contributed by atoms with van der Waals surface area (Å²) in [6, 6.07) is 11.6. The molecule has 3 N–H and O–H groups in total. The molecule has 98 valence electrons. The van der Waals surface area contributed by atoms with Gasteiger partial charge in [0.05, 0.1) is 16.3 Å². The lowest BCUT2D eigenvalue weighted by atomic mass is 10.1. The van der Waals surface area contributed by atoms with E-state index in [4.69, 9.17) is 27.2 Å². The van der Waals surface area contributed by atoms with Gasteiger partial charge in [0, 0.05) is 0 Å². The van der Waals surface area contributed by atoms with E-state index in [-0.39, 0.29) is 12.2 Å². The number of anilines is 1. The maximum Gasteiger partial charge on any atom is 0.335 e. The molecule has 0 amide bonds. The van der Waals surface area contributed by atoms with Crippen LogP contribution in [-0.2, 0) is 6.61 Å². The highest BCUT2D eigenvalue weighted by Gasteiger charge is 2.06. The first-order chi connectivity index (χ1) is 9.08. The third-order valence-electron chi connectivity index (χ3n) is 2.58. The van der Waals surface area contributed by atoms with Crippen molar-refractivity contribution in [2.24, 2.45) is 0 Å². The Morgan fingerprint density at radius 3 is 2.47 bits per heavy atom. The molecule has 0 heterocycles. The summed E-state index contributed by atoms with van der Waals surface area (Å²) in [7, 11) is 0. The number of rotatable bonds is 4. The minimum Gasteiger partial charge on any atom is -0.485 e. The van der Waals surface area contributed by atoms with Crippen LogP contribution in [0.1, 0.15) is 15.9 Å². The molecule has 0 aliphatic heterocycles. The van der Waals surface area contributed by atoms with E-state index < -0.39 is 5.97 Å². The summed E-state index contributed by atoms with van der Waals surface area (Å²) in [5.41, 5.74) is 7.30. The molecule has 0 unspecified atom stereocenters. The second-order valence-corrected chi connectivity index (χ2v) is 4.36. The average Bonchev–Trinajstić information content (AvgIpc) is 2.38. The van der Waals surface area contributed by atoms with Crippen molar-refractivity contribution < 1.29 is 14.6 Å². The predicted molar refractivity (Wildman–Crippen MR) is 73.6 cm³/mol. The molecule has 5 heteroatoms. The molecule has 0 aliphatic carbocycles. The number of hydrogen-bond acceptors (Lipinski definition) is 3. The number of hydrogen-bond donors (Lipinski definition) is 2. The van der Waals surface area contributed by atoms with Crippen LogP contribution < -0.4 is 10.5 Å². The van der Waals surface area contributed by atoms with Gasteiger partial charge in [-0.25, -0.2) is 4.79 Å². The molecule has 0 fully saturated rings. The molecule has 0 radical (unpaired) electrons. The zero-order valence-electron chi connectivity index (χ0n) is 9.97. The second kappa shape index (κ2) is 5.63. The van der Waals surface area contributed by atoms with E-state index in [0.29, 0.717) is 16.5 Å². The monoisotopic (exact) mass is 277 g/mol. The zero-order chi connectivity index (χ0) is 13.8. The highest BCUT2D eigenvalue weighted by molar-refractivity contribution is 6.32. The molecule has 0 saturated carbocycles. The van der Waals surface area contributed by atoms with Crippen LogP contribution in [0, 0.1) is 0 Å². The fraction of sp³-hybridized carbons (Fsp3) is 0.0714. The zero-order valence-corrected chi connectivity index (χ0v) is 10.7. The van der Waals surface area contributed by atoms with Crippen LogP contribution >= 0.6 is 11.6 Å². The molecule has 2 aromatic carbocycles. The number of halogens is 1. The van der Waals surface area contributed by atoms with Crippen LogP contribution in [-0.4, -0.2) is 11.1 Å². The van der Waals surface area contributed by atoms with E-state index in [1.165, 1.54) is 12.1 Å². The van der Waals surface area contributed by atoms with Crippen molar-refractivity contribution in [3.8, 4) is 5.75 Å². The summed E-state index contributed by atoms with van der Waals surface area (Å²) in [4.78, 5) is 10.7. The van der Waals surface area contributed by atoms with Crippen LogP contribution in [0.15, 0.2) is 42.5 Å². The van der Waals surface area contributed by atoms with Gasteiger partial charge in [0.25, 0.3) is 0 Å². The van der Waals surface area contributed by atoms with Gasteiger partial charge in [0.15, 0.2) is 5.75 Å². The first kappa shape index (κ1) is 13.2. The summed E-state index contributed by atoms with van der Waals surface area (Å²) in [6.45, 7) is 0.272. The third kappa shape index (κ3) is 3.17. The largest absolute Gasteiger partial charge is 0.485 e. The van der Waals surface area contributed by atoms with Crippen LogP contribution in [0.5, 0.6) is 5.75 Å². The van der Waals surface area contributed by atoms with Crippen LogP contribution in [0.3, 0.4) is 0 Å². The van der Waals surface area contributed by atoms with E-state index >= 15 is 0 Å². The smallest absolute Gasteiger partial charge is 0.335 e. The first-order valence-electron chi connectivity index (χ1n) is 5.57. The molecule has 2 rings (SSSR count). The molecule has 0 bridgehead atoms. The van der Waals surface area contributed by atoms with E-state index in [2.05, 4.69) is 0 Å². The molecule has 0 saturated heterocycles. The van der Waals surface area contributed by atoms with Crippen molar-refractivity contribution in [2.45, 2.75) is 6.61 Å². The number of benzene rings is 2. The topological polar surface area (TPSA) is 72.5 Å². The molecule has 4 nitrogen and oxygen atoms in total. The highest BCUT2D eigenvalue weighted by Crippen LogP contribution is 2.31. The SMILES string of the molecule is Nc1cccc(Cl)c1OCc1ccc(C(=O)O)cc1. The van der Waals surface area contributed by atoms with Crippen molar-refractivity contribution in [3.63, 3.8) is 0 Å². The van der Waals surface area contributed by atoms with Gasteiger partial charge < -0.3 is 15.6 Å². The summed E-state index contributed by atoms with van der Waals surface area (Å²) >= 11 is 5.98. The Hall–Kier alpha value is -2.20. The maximum atomic E-state index is 10.7. The van der Waals surface area contributed by atoms with Crippen molar-refractivity contribution in [1.29, 1.82) is 0 Å². The maximum absolute atomic E-state index is 10.7. The van der Waals surface area contributed by atoms with Crippen molar-refractivity contribution in [1.82, 2.24) is 0 Å². The molecular formula is C14H12ClNO3. The number of nitrogen functional groups attached to an aromatic ring is 1. The molecular weight excluding hydrogens is 266 g/mol. The normalized spacial score (nSPS) is 10.2. The summed E-state index contributed by atoms with van der Waals surface area (Å²) in [5, 5.41) is 9.24. The lowest BCUT2D eigenvalue weighted by Gasteiger charge is -2.10. The van der Waals surface area contributed by atoms with E-state index in [1.54, 1.807) is 30.3 Å². The van der Waals surface area contributed by atoms with Gasteiger partial charge in [-0.05, 0) is 29.8 Å². The summed E-state index contributed by atoms with van der Waals surface area (Å²) in [6.07, 6.45) is 0. The van der Waals surface area contributed by atoms with Gasteiger partial charge in [-0.1, -0.05) is 29.8 Å². The minimum absolute atomic E-state index is 0.237. The number of carboxylic acids is 1. The van der Waals surface area contributed by atoms with Gasteiger partial charge in [-0.2, -0.15) is 0 Å². The standard InChI is InChI=1S/C14H12ClNO3/c15-11-2-1-3-12(16)13(11)19-8-9-4-6-10(7-5-9)14(17)18/h1-7H,8,16H2,(H,17,18). The van der Waals surface area contributed by atoms with Crippen LogP contribution in [0.4, 0.5) is 5.69 Å². The number of nitrogens with two attached hydrogens (primary N) is 1. The Kier molecular flexibility index (Phi) is 3.92. The minimum atomic E-state index is -0.956. The third-order valence-corrected chi connectivity index (χ3v) is 2.88. The number of carbonyl (C=O) groups is 1. The Morgan fingerprint density at radius 1 is 1.21 bits per heavy atom. The van der Waals surface area contributed by atoms with Crippen molar-refractivity contribution in [2.75, 3.05) is 5.73 Å². The van der Waals surface area contributed by atoms with E-state index in [1.807, 2.05) is 0 Å². The lowest BCUT2D eigenvalue weighted by Crippen LogP contribution is -2.01. The molecule has 0 atom stereocenters. The molecule has 0 spiro atoms. The number of ether oxygens (including phenoxy) is 1. The highest BCUT2D eigenvalue weighted by atomic mass is 35.5. The van der Waals surface area contributed by atoms with Gasteiger partial charge in [0.1, 0.15) is 6.61 Å². The number of aromatic carboxylic acids is 1. The van der Waals surface area contributed by atoms with Crippen molar-refractivity contribution >= 4 is 23.3 Å². The fourth-order valence-electron chi connectivity index (χ4n) is 1.58. The second-order valence-electron chi connectivity index (χ2n) is 3.95.